The Morgan fingerprint density at radius 3 is 2.52 bits per heavy atom. The number of amidine groups is 1. The van der Waals surface area contributed by atoms with Crippen LogP contribution in [0.15, 0.2) is 77.8 Å². The van der Waals surface area contributed by atoms with E-state index in [9.17, 15) is 0 Å². The van der Waals surface area contributed by atoms with Gasteiger partial charge in [0.1, 0.15) is 12.4 Å². The van der Waals surface area contributed by atoms with Crippen LogP contribution in [0.4, 0.5) is 5.69 Å². The van der Waals surface area contributed by atoms with Crippen molar-refractivity contribution in [1.82, 2.24) is 0 Å². The summed E-state index contributed by atoms with van der Waals surface area (Å²) in [6, 6.07) is 24.2. The number of hydrogen-bond donors (Lipinski definition) is 1. The van der Waals surface area contributed by atoms with Gasteiger partial charge in [0.2, 0.25) is 0 Å². The molecule has 0 spiro atoms. The summed E-state index contributed by atoms with van der Waals surface area (Å²) < 4.78 is 11.5. The molecule has 3 aromatic rings. The van der Waals surface area contributed by atoms with E-state index in [4.69, 9.17) is 26.1 Å². The number of nitrogens with one attached hydrogen (secondary N) is 1. The number of nitrogens with zero attached hydrogens (tertiary/aromatic N) is 1. The van der Waals surface area contributed by atoms with Crippen LogP contribution in [0, 0.1) is 0 Å². The summed E-state index contributed by atoms with van der Waals surface area (Å²) in [5.74, 6) is 3.23. The lowest BCUT2D eigenvalue weighted by molar-refractivity contribution is 0.283. The minimum atomic E-state index is 0.199. The fraction of sp³-hybridized carbons (Fsp3) is 0.240. The molecule has 0 saturated heterocycles. The lowest BCUT2D eigenvalue weighted by Crippen LogP contribution is -2.16. The molecule has 1 aliphatic rings. The van der Waals surface area contributed by atoms with Gasteiger partial charge in [-0.3, -0.25) is 4.99 Å². The van der Waals surface area contributed by atoms with E-state index < -0.39 is 0 Å². The number of benzene rings is 3. The molecule has 0 bridgehead atoms. The van der Waals surface area contributed by atoms with Crippen LogP contribution in [0.2, 0.25) is 5.02 Å². The van der Waals surface area contributed by atoms with Crippen molar-refractivity contribution in [2.24, 2.45) is 4.99 Å². The zero-order valence-electron chi connectivity index (χ0n) is 17.4. The van der Waals surface area contributed by atoms with Gasteiger partial charge >= 0.3 is 0 Å². The molecule has 0 aromatic heterocycles. The third-order valence-corrected chi connectivity index (χ3v) is 6.40. The van der Waals surface area contributed by atoms with E-state index in [0.717, 1.165) is 33.8 Å². The van der Waals surface area contributed by atoms with E-state index in [1.54, 1.807) is 0 Å². The molecule has 3 aromatic carbocycles. The second-order valence-electron chi connectivity index (χ2n) is 7.01. The van der Waals surface area contributed by atoms with Gasteiger partial charge in [-0.1, -0.05) is 54.1 Å². The number of fused-ring (bicyclic) bond motifs is 1. The Balaban J connectivity index is 1.46. The minimum absolute atomic E-state index is 0.199. The summed E-state index contributed by atoms with van der Waals surface area (Å²) in [7, 11) is 0. The average molecular weight is 453 g/mol. The summed E-state index contributed by atoms with van der Waals surface area (Å²) in [6.07, 6.45) is 0. The number of rotatable bonds is 7. The number of aliphatic imine (C=N–C) groups is 1. The molecule has 1 aliphatic heterocycles. The molecule has 0 amide bonds. The van der Waals surface area contributed by atoms with E-state index in [1.807, 2.05) is 67.2 Å². The van der Waals surface area contributed by atoms with E-state index >= 15 is 0 Å². The maximum absolute atomic E-state index is 6.32. The Morgan fingerprint density at radius 1 is 1.00 bits per heavy atom. The number of thioether (sulfide) groups is 1. The molecule has 0 saturated carbocycles. The summed E-state index contributed by atoms with van der Waals surface area (Å²) in [5.41, 5.74) is 3.48. The van der Waals surface area contributed by atoms with E-state index in [1.165, 1.54) is 11.1 Å². The first-order valence-corrected chi connectivity index (χ1v) is 11.8. The predicted molar refractivity (Wildman–Crippen MR) is 131 cm³/mol. The molecular weight excluding hydrogens is 428 g/mol. The highest BCUT2D eigenvalue weighted by Crippen LogP contribution is 2.42. The second kappa shape index (κ2) is 10.6. The van der Waals surface area contributed by atoms with Gasteiger partial charge in [-0.25, -0.2) is 0 Å². The van der Waals surface area contributed by atoms with Crippen LogP contribution in [0.25, 0.3) is 0 Å². The zero-order valence-corrected chi connectivity index (χ0v) is 19.0. The molecule has 6 heteroatoms. The van der Waals surface area contributed by atoms with Crippen molar-refractivity contribution in [3.05, 3.63) is 88.9 Å². The lowest BCUT2D eigenvalue weighted by Gasteiger charge is -2.17. The van der Waals surface area contributed by atoms with Gasteiger partial charge in [0.15, 0.2) is 11.5 Å². The predicted octanol–water partition coefficient (Wildman–Crippen LogP) is 6.46. The monoisotopic (exact) mass is 452 g/mol. The molecule has 4 nitrogen and oxygen atoms in total. The van der Waals surface area contributed by atoms with Crippen LogP contribution in [0.1, 0.15) is 23.3 Å². The normalized spacial score (nSPS) is 16.8. The van der Waals surface area contributed by atoms with Gasteiger partial charge in [0.25, 0.3) is 0 Å². The van der Waals surface area contributed by atoms with Crippen molar-refractivity contribution in [1.29, 1.82) is 0 Å². The van der Waals surface area contributed by atoms with Gasteiger partial charge in [-0.05, 0) is 48.4 Å². The largest absolute Gasteiger partial charge is 0.490 e. The van der Waals surface area contributed by atoms with Crippen LogP contribution < -0.4 is 14.8 Å². The van der Waals surface area contributed by atoms with Crippen LogP contribution in [-0.4, -0.2) is 31.3 Å². The average Bonchev–Trinajstić information content (AvgIpc) is 2.97. The molecular formula is C25H25ClN2O2S. The van der Waals surface area contributed by atoms with Crippen LogP contribution >= 0.6 is 23.4 Å². The standard InChI is InChI=1S/C25H25ClN2O2S/c1-2-29-22-10-6-7-11-23(22)30-15-14-27-24-17-31-25(18-8-4-3-5-9-18)20-16-19(26)12-13-21(20)28-24/h3-13,16,25H,2,14-15,17H2,1H3,(H,27,28). The number of hydrogen-bond acceptors (Lipinski definition) is 4. The fourth-order valence-corrected chi connectivity index (χ4v) is 4.87. The Bertz CT molecular complexity index is 1040. The summed E-state index contributed by atoms with van der Waals surface area (Å²) in [5, 5.41) is 4.45. The summed E-state index contributed by atoms with van der Waals surface area (Å²) in [6.45, 7) is 3.61. The molecule has 160 valence electrons. The van der Waals surface area contributed by atoms with Crippen molar-refractivity contribution in [3.8, 4) is 11.5 Å². The molecule has 0 radical (unpaired) electrons. The molecule has 1 unspecified atom stereocenters. The summed E-state index contributed by atoms with van der Waals surface area (Å²) in [4.78, 5) is 4.77. The molecule has 1 N–H and O–H groups in total. The maximum Gasteiger partial charge on any atom is 0.161 e. The van der Waals surface area contributed by atoms with Gasteiger partial charge in [0.05, 0.1) is 24.2 Å². The van der Waals surface area contributed by atoms with Crippen molar-refractivity contribution in [3.63, 3.8) is 0 Å². The van der Waals surface area contributed by atoms with Gasteiger partial charge in [-0.15, -0.1) is 11.8 Å². The number of ether oxygens (including phenoxy) is 2. The maximum atomic E-state index is 6.32. The number of para-hydroxylation sites is 2. The minimum Gasteiger partial charge on any atom is -0.490 e. The van der Waals surface area contributed by atoms with Crippen LogP contribution in [-0.2, 0) is 0 Å². The first kappa shape index (κ1) is 21.6. The molecule has 4 rings (SSSR count). The first-order valence-electron chi connectivity index (χ1n) is 10.4. The molecule has 1 heterocycles. The zero-order chi connectivity index (χ0) is 21.5. The van der Waals surface area contributed by atoms with Gasteiger partial charge in [0, 0.05) is 10.7 Å². The Labute approximate surface area is 192 Å². The molecule has 0 fully saturated rings. The first-order chi connectivity index (χ1) is 15.2. The van der Waals surface area contributed by atoms with Crippen LogP contribution in [0.3, 0.4) is 0 Å². The Hall–Kier alpha value is -2.63. The van der Waals surface area contributed by atoms with Gasteiger partial charge < -0.3 is 14.8 Å². The Kier molecular flexibility index (Phi) is 7.39. The van der Waals surface area contributed by atoms with Crippen molar-refractivity contribution < 1.29 is 9.47 Å². The number of halogens is 1. The number of anilines is 1. The highest BCUT2D eigenvalue weighted by atomic mass is 35.5. The summed E-state index contributed by atoms with van der Waals surface area (Å²) >= 11 is 8.17. The third-order valence-electron chi connectivity index (χ3n) is 4.86. The molecule has 31 heavy (non-hydrogen) atoms. The SMILES string of the molecule is CCOc1ccccc1OCCN=C1CSC(c2ccccc2)c2cc(Cl)ccc2N1. The quantitative estimate of drug-likeness (QED) is 0.417. The smallest absolute Gasteiger partial charge is 0.161 e. The second-order valence-corrected chi connectivity index (χ2v) is 8.54. The highest BCUT2D eigenvalue weighted by molar-refractivity contribution is 8.00. The van der Waals surface area contributed by atoms with E-state index in [0.29, 0.717) is 19.8 Å². The van der Waals surface area contributed by atoms with Crippen molar-refractivity contribution in [2.45, 2.75) is 12.2 Å². The lowest BCUT2D eigenvalue weighted by atomic mass is 10.0. The van der Waals surface area contributed by atoms with Crippen molar-refractivity contribution in [2.75, 3.05) is 30.8 Å². The topological polar surface area (TPSA) is 42.9 Å². The van der Waals surface area contributed by atoms with Crippen LogP contribution in [0.5, 0.6) is 11.5 Å². The van der Waals surface area contributed by atoms with Crippen molar-refractivity contribution >= 4 is 34.9 Å². The Morgan fingerprint density at radius 2 is 1.74 bits per heavy atom. The van der Waals surface area contributed by atoms with E-state index in [-0.39, 0.29) is 5.25 Å². The molecule has 0 aliphatic carbocycles. The molecule has 1 atom stereocenters. The van der Waals surface area contributed by atoms with E-state index in [2.05, 4.69) is 29.6 Å². The highest BCUT2D eigenvalue weighted by Gasteiger charge is 2.23. The van der Waals surface area contributed by atoms with Gasteiger partial charge in [-0.2, -0.15) is 0 Å². The third kappa shape index (κ3) is 5.54. The fourth-order valence-electron chi connectivity index (χ4n) is 3.48.